The lowest BCUT2D eigenvalue weighted by atomic mass is 10.0. The fraction of sp³-hybridized carbons (Fsp3) is 0.0952. The van der Waals surface area contributed by atoms with E-state index in [-0.39, 0.29) is 24.0 Å². The lowest BCUT2D eigenvalue weighted by Crippen LogP contribution is -2.50. The molecule has 0 atom stereocenters. The molecule has 0 saturated carbocycles. The molecule has 0 spiro atoms. The molecule has 154 valence electrons. The topological polar surface area (TPSA) is 79.5 Å². The Hall–Kier alpha value is -2.87. The van der Waals surface area contributed by atoms with E-state index < -0.39 is 5.91 Å². The van der Waals surface area contributed by atoms with Gasteiger partial charge in [0.2, 0.25) is 5.91 Å². The van der Waals surface area contributed by atoms with Crippen LogP contribution in [0.2, 0.25) is 10.0 Å². The summed E-state index contributed by atoms with van der Waals surface area (Å²) < 4.78 is 5.31. The van der Waals surface area contributed by atoms with Crippen molar-refractivity contribution in [2.45, 2.75) is 6.42 Å². The van der Waals surface area contributed by atoms with Gasteiger partial charge in [0.05, 0.1) is 11.4 Å². The molecule has 0 unspecified atom stereocenters. The molecule has 0 radical (unpaired) electrons. The van der Waals surface area contributed by atoms with Crippen molar-refractivity contribution in [3.63, 3.8) is 0 Å². The first-order chi connectivity index (χ1) is 14.4. The zero-order valence-electron chi connectivity index (χ0n) is 15.6. The van der Waals surface area contributed by atoms with Gasteiger partial charge < -0.3 is 10.1 Å². The average Bonchev–Trinajstić information content (AvgIpc) is 2.72. The summed E-state index contributed by atoms with van der Waals surface area (Å²) >= 11 is 16.8. The Balaban J connectivity index is 1.44. The van der Waals surface area contributed by atoms with Crippen LogP contribution in [-0.4, -0.2) is 23.5 Å². The van der Waals surface area contributed by atoms with E-state index in [0.29, 0.717) is 15.8 Å². The lowest BCUT2D eigenvalue weighted by molar-refractivity contribution is -0.124. The molecule has 0 fully saturated rings. The van der Waals surface area contributed by atoms with Crippen LogP contribution in [0.5, 0.6) is 5.75 Å². The van der Waals surface area contributed by atoms with Gasteiger partial charge in [-0.25, -0.2) is 0 Å². The Labute approximate surface area is 188 Å². The number of hydrazine groups is 1. The Kier molecular flexibility index (Phi) is 7.46. The molecular weight excluding hydrogens is 445 g/mol. The van der Waals surface area contributed by atoms with Crippen molar-refractivity contribution < 1.29 is 14.3 Å². The van der Waals surface area contributed by atoms with Gasteiger partial charge in [0, 0.05) is 5.02 Å². The average molecular weight is 462 g/mol. The smallest absolute Gasteiger partial charge is 0.276 e. The van der Waals surface area contributed by atoms with Gasteiger partial charge in [-0.2, -0.15) is 0 Å². The number of thiocarbonyl (C=S) groups is 1. The zero-order valence-corrected chi connectivity index (χ0v) is 17.9. The second-order valence-electron chi connectivity index (χ2n) is 6.23. The summed E-state index contributed by atoms with van der Waals surface area (Å²) in [4.78, 5) is 24.2. The molecule has 0 aliphatic rings. The number of hydrogen-bond acceptors (Lipinski definition) is 4. The summed E-state index contributed by atoms with van der Waals surface area (Å²) in [6, 6.07) is 18.2. The number of hydrogen-bond donors (Lipinski definition) is 3. The fourth-order valence-electron chi connectivity index (χ4n) is 2.72. The molecule has 3 N–H and O–H groups in total. The van der Waals surface area contributed by atoms with Gasteiger partial charge >= 0.3 is 0 Å². The third-order valence-electron chi connectivity index (χ3n) is 4.05. The van der Waals surface area contributed by atoms with Gasteiger partial charge in [-0.1, -0.05) is 65.7 Å². The minimum Gasteiger partial charge on any atom is -0.482 e. The Bertz CT molecular complexity index is 1100. The van der Waals surface area contributed by atoms with Crippen LogP contribution in [0.4, 0.5) is 0 Å². The number of amides is 2. The number of benzene rings is 3. The first kappa shape index (κ1) is 21.8. The van der Waals surface area contributed by atoms with Gasteiger partial charge in [-0.05, 0) is 46.8 Å². The van der Waals surface area contributed by atoms with Crippen LogP contribution in [0.1, 0.15) is 5.56 Å². The molecule has 0 heterocycles. The zero-order chi connectivity index (χ0) is 21.5. The molecule has 3 aromatic rings. The van der Waals surface area contributed by atoms with Crippen LogP contribution in [0.3, 0.4) is 0 Å². The molecule has 0 bridgehead atoms. The Morgan fingerprint density at radius 1 is 0.933 bits per heavy atom. The standard InChI is InChI=1S/C21H17Cl2N3O3S/c22-15-8-9-18(17(23)11-15)29-12-20(28)25-26-21(30)24-19(27)10-14-6-3-5-13-4-1-2-7-16(13)14/h1-9,11H,10,12H2,(H,25,28)(H2,24,26,27,30). The van der Waals surface area contributed by atoms with Crippen molar-refractivity contribution >= 4 is 63.1 Å². The van der Waals surface area contributed by atoms with Gasteiger partial charge in [0.15, 0.2) is 11.7 Å². The van der Waals surface area contributed by atoms with Gasteiger partial charge in [0.25, 0.3) is 5.91 Å². The highest BCUT2D eigenvalue weighted by molar-refractivity contribution is 7.80. The van der Waals surface area contributed by atoms with Crippen molar-refractivity contribution in [1.82, 2.24) is 16.2 Å². The summed E-state index contributed by atoms with van der Waals surface area (Å²) in [7, 11) is 0. The Morgan fingerprint density at radius 3 is 2.50 bits per heavy atom. The molecule has 0 aromatic heterocycles. The highest BCUT2D eigenvalue weighted by Crippen LogP contribution is 2.27. The summed E-state index contributed by atoms with van der Waals surface area (Å²) in [6.07, 6.45) is 0.148. The predicted molar refractivity (Wildman–Crippen MR) is 122 cm³/mol. The number of fused-ring (bicyclic) bond motifs is 1. The van der Waals surface area contributed by atoms with E-state index in [1.54, 1.807) is 12.1 Å². The monoisotopic (exact) mass is 461 g/mol. The first-order valence-corrected chi connectivity index (χ1v) is 10.0. The number of nitrogens with one attached hydrogen (secondary N) is 3. The van der Waals surface area contributed by atoms with Gasteiger partial charge in [0.1, 0.15) is 5.75 Å². The molecule has 0 aliphatic heterocycles. The maximum absolute atomic E-state index is 12.3. The second kappa shape index (κ2) is 10.2. The van der Waals surface area contributed by atoms with E-state index in [1.807, 2.05) is 42.5 Å². The van der Waals surface area contributed by atoms with E-state index in [2.05, 4.69) is 16.2 Å². The van der Waals surface area contributed by atoms with Crippen molar-refractivity contribution in [2.75, 3.05) is 6.61 Å². The highest BCUT2D eigenvalue weighted by atomic mass is 35.5. The number of carbonyl (C=O) groups excluding carboxylic acids is 2. The molecule has 0 saturated heterocycles. The summed E-state index contributed by atoms with van der Waals surface area (Å²) in [5.41, 5.74) is 5.69. The van der Waals surface area contributed by atoms with Gasteiger partial charge in [-0.15, -0.1) is 0 Å². The van der Waals surface area contributed by atoms with Crippen LogP contribution < -0.4 is 20.9 Å². The van der Waals surface area contributed by atoms with Crippen molar-refractivity contribution in [3.05, 3.63) is 76.3 Å². The van der Waals surface area contributed by atoms with E-state index in [9.17, 15) is 9.59 Å². The predicted octanol–water partition coefficient (Wildman–Crippen LogP) is 3.79. The van der Waals surface area contributed by atoms with E-state index >= 15 is 0 Å². The Morgan fingerprint density at radius 2 is 1.70 bits per heavy atom. The largest absolute Gasteiger partial charge is 0.482 e. The third-order valence-corrected chi connectivity index (χ3v) is 4.79. The van der Waals surface area contributed by atoms with Crippen molar-refractivity contribution in [3.8, 4) is 5.75 Å². The molecule has 9 heteroatoms. The van der Waals surface area contributed by atoms with Crippen LogP contribution >= 0.6 is 35.4 Å². The maximum atomic E-state index is 12.3. The lowest BCUT2D eigenvalue weighted by Gasteiger charge is -2.12. The first-order valence-electron chi connectivity index (χ1n) is 8.85. The third kappa shape index (κ3) is 6.06. The second-order valence-corrected chi connectivity index (χ2v) is 7.48. The van der Waals surface area contributed by atoms with Crippen LogP contribution in [0.15, 0.2) is 60.7 Å². The molecule has 0 aliphatic carbocycles. The van der Waals surface area contributed by atoms with Crippen molar-refractivity contribution in [1.29, 1.82) is 0 Å². The molecule has 3 rings (SSSR count). The van der Waals surface area contributed by atoms with Crippen LogP contribution in [0.25, 0.3) is 10.8 Å². The summed E-state index contributed by atoms with van der Waals surface area (Å²) in [5.74, 6) is -0.490. The van der Waals surface area contributed by atoms with Gasteiger partial charge in [-0.3, -0.25) is 20.4 Å². The summed E-state index contributed by atoms with van der Waals surface area (Å²) in [5, 5.41) is 5.30. The molecule has 6 nitrogen and oxygen atoms in total. The van der Waals surface area contributed by atoms with E-state index in [4.69, 9.17) is 40.2 Å². The minimum atomic E-state index is -0.508. The minimum absolute atomic E-state index is 0.0295. The highest BCUT2D eigenvalue weighted by Gasteiger charge is 2.10. The van der Waals surface area contributed by atoms with E-state index in [1.165, 1.54) is 6.07 Å². The normalized spacial score (nSPS) is 10.3. The van der Waals surface area contributed by atoms with E-state index in [0.717, 1.165) is 16.3 Å². The fourth-order valence-corrected chi connectivity index (χ4v) is 3.35. The van der Waals surface area contributed by atoms with Crippen LogP contribution in [-0.2, 0) is 16.0 Å². The number of carbonyl (C=O) groups is 2. The van der Waals surface area contributed by atoms with Crippen molar-refractivity contribution in [2.24, 2.45) is 0 Å². The number of rotatable bonds is 5. The summed E-state index contributed by atoms with van der Waals surface area (Å²) in [6.45, 7) is -0.305. The SMILES string of the molecule is O=C(COc1ccc(Cl)cc1Cl)NNC(=S)NC(=O)Cc1cccc2ccccc12. The molecule has 3 aromatic carbocycles. The van der Waals surface area contributed by atoms with Crippen LogP contribution in [0, 0.1) is 0 Å². The molecule has 30 heavy (non-hydrogen) atoms. The molecular formula is C21H17Cl2N3O3S. The number of halogens is 2. The number of ether oxygens (including phenoxy) is 1. The maximum Gasteiger partial charge on any atom is 0.276 e. The molecule has 2 amide bonds. The quantitative estimate of drug-likeness (QED) is 0.397.